The van der Waals surface area contributed by atoms with E-state index in [9.17, 15) is 5.26 Å². The van der Waals surface area contributed by atoms with Gasteiger partial charge < -0.3 is 4.74 Å². The average Bonchev–Trinajstić information content (AvgIpc) is 2.83. The van der Waals surface area contributed by atoms with Gasteiger partial charge in [0.05, 0.1) is 11.5 Å². The predicted molar refractivity (Wildman–Crippen MR) is 73.9 cm³/mol. The molecule has 0 atom stereocenters. The first kappa shape index (κ1) is 12.0. The normalized spacial score (nSPS) is 21.0. The number of benzene rings is 1. The van der Waals surface area contributed by atoms with Crippen LogP contribution in [-0.4, -0.2) is 13.2 Å². The summed E-state index contributed by atoms with van der Waals surface area (Å²) in [6.07, 6.45) is 4.79. The van der Waals surface area contributed by atoms with E-state index < -0.39 is 0 Å². The highest BCUT2D eigenvalue weighted by Gasteiger charge is 2.39. The third-order valence-corrected chi connectivity index (χ3v) is 4.45. The summed E-state index contributed by atoms with van der Waals surface area (Å²) in [5.74, 6) is 0. The van der Waals surface area contributed by atoms with Crippen LogP contribution in [-0.2, 0) is 11.2 Å². The molecule has 0 bridgehead atoms. The molecule has 0 radical (unpaired) electrons. The van der Waals surface area contributed by atoms with E-state index in [4.69, 9.17) is 4.74 Å². The monoisotopic (exact) mass is 303 g/mol. The summed E-state index contributed by atoms with van der Waals surface area (Å²) in [4.78, 5) is 0. The lowest BCUT2D eigenvalue weighted by atomic mass is 9.73. The highest BCUT2D eigenvalue weighted by molar-refractivity contribution is 9.10. The molecule has 92 valence electrons. The second-order valence-electron chi connectivity index (χ2n) is 4.93. The van der Waals surface area contributed by atoms with Gasteiger partial charge in [0, 0.05) is 17.7 Å². The molecule has 18 heavy (non-hydrogen) atoms. The smallest absolute Gasteiger partial charge is 0.0869 e. The van der Waals surface area contributed by atoms with Gasteiger partial charge in [0.15, 0.2) is 0 Å². The van der Waals surface area contributed by atoms with Crippen molar-refractivity contribution in [2.24, 2.45) is 5.41 Å². The Morgan fingerprint density at radius 2 is 2.06 bits per heavy atom. The predicted octanol–water partition coefficient (Wildman–Crippen LogP) is 3.71. The van der Waals surface area contributed by atoms with Gasteiger partial charge >= 0.3 is 0 Å². The van der Waals surface area contributed by atoms with Crippen molar-refractivity contribution in [3.63, 3.8) is 0 Å². The van der Waals surface area contributed by atoms with Gasteiger partial charge in [-0.05, 0) is 48.1 Å². The summed E-state index contributed by atoms with van der Waals surface area (Å²) in [5, 5.41) is 9.63. The molecule has 0 spiro atoms. The quantitative estimate of drug-likeness (QED) is 0.792. The van der Waals surface area contributed by atoms with Gasteiger partial charge in [-0.2, -0.15) is 5.26 Å². The van der Waals surface area contributed by atoms with Gasteiger partial charge in [-0.15, -0.1) is 0 Å². The van der Waals surface area contributed by atoms with E-state index in [2.05, 4.69) is 46.3 Å². The standard InChI is InChI=1S/C15H14BrNO/c16-12-2-3-13-11(9-12)1-4-14(13)15(10-17)5-7-18-8-6-15/h2-4,9H,1,5-8H2. The lowest BCUT2D eigenvalue weighted by Gasteiger charge is -2.32. The van der Waals surface area contributed by atoms with Gasteiger partial charge in [-0.1, -0.05) is 28.1 Å². The van der Waals surface area contributed by atoms with Crippen LogP contribution in [0.5, 0.6) is 0 Å². The highest BCUT2D eigenvalue weighted by Crippen LogP contribution is 2.47. The van der Waals surface area contributed by atoms with Crippen molar-refractivity contribution in [3.05, 3.63) is 39.9 Å². The Morgan fingerprint density at radius 1 is 1.28 bits per heavy atom. The van der Waals surface area contributed by atoms with Crippen molar-refractivity contribution in [2.45, 2.75) is 19.3 Å². The molecule has 3 rings (SSSR count). The fourth-order valence-electron chi connectivity index (χ4n) is 2.93. The molecular formula is C15H14BrNO. The molecule has 1 aromatic rings. The Kier molecular flexibility index (Phi) is 3.01. The van der Waals surface area contributed by atoms with Crippen LogP contribution in [0.2, 0.25) is 0 Å². The lowest BCUT2D eigenvalue weighted by molar-refractivity contribution is 0.0613. The Labute approximate surface area is 115 Å². The van der Waals surface area contributed by atoms with Crippen molar-refractivity contribution >= 4 is 21.5 Å². The van der Waals surface area contributed by atoms with Crippen molar-refractivity contribution in [2.75, 3.05) is 13.2 Å². The summed E-state index contributed by atoms with van der Waals surface area (Å²) in [5.41, 5.74) is 3.45. The van der Waals surface area contributed by atoms with Crippen molar-refractivity contribution in [1.82, 2.24) is 0 Å². The van der Waals surface area contributed by atoms with E-state index >= 15 is 0 Å². The summed E-state index contributed by atoms with van der Waals surface area (Å²) in [7, 11) is 0. The van der Waals surface area contributed by atoms with E-state index in [0.717, 1.165) is 23.7 Å². The first-order chi connectivity index (χ1) is 8.75. The van der Waals surface area contributed by atoms with E-state index in [1.165, 1.54) is 16.7 Å². The number of fused-ring (bicyclic) bond motifs is 1. The van der Waals surface area contributed by atoms with Crippen LogP contribution in [0, 0.1) is 16.7 Å². The van der Waals surface area contributed by atoms with Crippen molar-refractivity contribution in [3.8, 4) is 6.07 Å². The molecule has 0 unspecified atom stereocenters. The molecule has 0 aromatic heterocycles. The Bertz CT molecular complexity index is 550. The summed E-state index contributed by atoms with van der Waals surface area (Å²) in [6.45, 7) is 1.38. The number of halogens is 1. The van der Waals surface area contributed by atoms with Gasteiger partial charge in [0.1, 0.15) is 0 Å². The minimum Gasteiger partial charge on any atom is -0.381 e. The zero-order chi connectivity index (χ0) is 12.6. The summed E-state index contributed by atoms with van der Waals surface area (Å²) >= 11 is 3.50. The van der Waals surface area contributed by atoms with Crippen LogP contribution in [0.4, 0.5) is 0 Å². The second-order valence-corrected chi connectivity index (χ2v) is 5.85. The second kappa shape index (κ2) is 4.53. The molecule has 1 aromatic carbocycles. The van der Waals surface area contributed by atoms with E-state index in [-0.39, 0.29) is 5.41 Å². The summed E-state index contributed by atoms with van der Waals surface area (Å²) in [6, 6.07) is 8.90. The molecule has 2 nitrogen and oxygen atoms in total. The maximum Gasteiger partial charge on any atom is 0.0869 e. The Balaban J connectivity index is 2.02. The van der Waals surface area contributed by atoms with Crippen LogP contribution in [0.1, 0.15) is 24.0 Å². The van der Waals surface area contributed by atoms with Crippen LogP contribution in [0.25, 0.3) is 5.57 Å². The maximum absolute atomic E-state index is 9.63. The molecular weight excluding hydrogens is 290 g/mol. The molecule has 0 amide bonds. The lowest BCUT2D eigenvalue weighted by Crippen LogP contribution is -2.29. The summed E-state index contributed by atoms with van der Waals surface area (Å²) < 4.78 is 6.51. The molecule has 0 N–H and O–H groups in total. The largest absolute Gasteiger partial charge is 0.381 e. The van der Waals surface area contributed by atoms with E-state index in [1.54, 1.807) is 0 Å². The van der Waals surface area contributed by atoms with E-state index in [0.29, 0.717) is 13.2 Å². The number of hydrogen-bond donors (Lipinski definition) is 0. The van der Waals surface area contributed by atoms with Gasteiger partial charge in [0.2, 0.25) is 0 Å². The molecule has 0 saturated carbocycles. The molecule has 1 saturated heterocycles. The van der Waals surface area contributed by atoms with E-state index in [1.807, 2.05) is 0 Å². The fourth-order valence-corrected chi connectivity index (χ4v) is 3.34. The molecule has 1 aliphatic carbocycles. The third kappa shape index (κ3) is 1.81. The SMILES string of the molecule is N#CC1(C2=CCc3cc(Br)ccc32)CCOCC1. The average molecular weight is 304 g/mol. The first-order valence-electron chi connectivity index (χ1n) is 6.24. The number of ether oxygens (including phenoxy) is 1. The van der Waals surface area contributed by atoms with Gasteiger partial charge in [-0.3, -0.25) is 0 Å². The third-order valence-electron chi connectivity index (χ3n) is 3.96. The number of hydrogen-bond acceptors (Lipinski definition) is 2. The topological polar surface area (TPSA) is 33.0 Å². The Morgan fingerprint density at radius 3 is 2.78 bits per heavy atom. The molecule has 3 heteroatoms. The minimum atomic E-state index is -0.336. The van der Waals surface area contributed by atoms with Crippen molar-refractivity contribution < 1.29 is 4.74 Å². The number of nitrogens with zero attached hydrogens (tertiary/aromatic N) is 1. The van der Waals surface area contributed by atoms with Crippen LogP contribution < -0.4 is 0 Å². The number of allylic oxidation sites excluding steroid dienone is 2. The fraction of sp³-hybridized carbons (Fsp3) is 0.400. The van der Waals surface area contributed by atoms with Gasteiger partial charge in [0.25, 0.3) is 0 Å². The first-order valence-corrected chi connectivity index (χ1v) is 7.03. The van der Waals surface area contributed by atoms with Crippen LogP contribution in [0.3, 0.4) is 0 Å². The number of nitriles is 1. The number of rotatable bonds is 1. The van der Waals surface area contributed by atoms with Gasteiger partial charge in [-0.25, -0.2) is 0 Å². The van der Waals surface area contributed by atoms with Crippen LogP contribution >= 0.6 is 15.9 Å². The maximum atomic E-state index is 9.63. The molecule has 1 aliphatic heterocycles. The van der Waals surface area contributed by atoms with Crippen LogP contribution in [0.15, 0.2) is 28.7 Å². The highest BCUT2D eigenvalue weighted by atomic mass is 79.9. The molecule has 1 heterocycles. The molecule has 2 aliphatic rings. The van der Waals surface area contributed by atoms with Crippen molar-refractivity contribution in [1.29, 1.82) is 5.26 Å². The molecule has 1 fully saturated rings. The zero-order valence-electron chi connectivity index (χ0n) is 10.1. The minimum absolute atomic E-state index is 0.336. The Hall–Kier alpha value is -1.11. The zero-order valence-corrected chi connectivity index (χ0v) is 11.7.